The van der Waals surface area contributed by atoms with Crippen molar-refractivity contribution >= 4 is 11.6 Å². The number of rotatable bonds is 4. The van der Waals surface area contributed by atoms with Crippen LogP contribution in [-0.4, -0.2) is 34.0 Å². The fraction of sp³-hybridized carbons (Fsp3) is 0.600. The molecule has 8 atom stereocenters. The highest BCUT2D eigenvalue weighted by atomic mass is 16.3. The van der Waals surface area contributed by atoms with Crippen molar-refractivity contribution in [2.24, 2.45) is 35.0 Å². The molecule has 4 heteroatoms. The average molecular weight is 463 g/mol. The van der Waals surface area contributed by atoms with Gasteiger partial charge in [-0.15, -0.1) is 0 Å². The van der Waals surface area contributed by atoms with E-state index in [0.717, 1.165) is 37.7 Å². The number of Topliss-reactive ketones (excluding diaryl/α,β-unsaturated/α-hetero) is 1. The van der Waals surface area contributed by atoms with Crippen molar-refractivity contribution in [3.63, 3.8) is 0 Å². The van der Waals surface area contributed by atoms with Gasteiger partial charge in [-0.3, -0.25) is 9.59 Å². The highest BCUT2D eigenvalue weighted by Crippen LogP contribution is 2.68. The van der Waals surface area contributed by atoms with Crippen LogP contribution in [0.15, 0.2) is 48.1 Å². The number of carbonyl (C=O) groups is 2. The molecule has 34 heavy (non-hydrogen) atoms. The molecule has 0 bridgehead atoms. The molecule has 0 amide bonds. The van der Waals surface area contributed by atoms with Crippen LogP contribution in [0, 0.1) is 35.0 Å². The van der Waals surface area contributed by atoms with Crippen LogP contribution in [0.4, 0.5) is 0 Å². The van der Waals surface area contributed by atoms with Crippen molar-refractivity contribution in [1.82, 2.24) is 0 Å². The zero-order chi connectivity index (χ0) is 24.3. The van der Waals surface area contributed by atoms with Crippen molar-refractivity contribution in [2.75, 3.05) is 6.61 Å². The number of benzene rings is 1. The summed E-state index contributed by atoms with van der Waals surface area (Å²) in [6, 6.07) is 8.13. The van der Waals surface area contributed by atoms with Gasteiger partial charge in [0, 0.05) is 17.4 Å². The molecule has 0 unspecified atom stereocenters. The third-order valence-corrected chi connectivity index (χ3v) is 10.1. The molecule has 4 aliphatic rings. The molecule has 2 N–H and O–H groups in total. The fourth-order valence-electron chi connectivity index (χ4n) is 8.50. The van der Waals surface area contributed by atoms with E-state index in [1.165, 1.54) is 11.1 Å². The predicted molar refractivity (Wildman–Crippen MR) is 132 cm³/mol. The molecule has 0 aromatic heterocycles. The number of ketones is 2. The molecule has 3 saturated carbocycles. The number of allylic oxidation sites excluding steroid dienone is 1. The summed E-state index contributed by atoms with van der Waals surface area (Å²) in [6.07, 6.45) is 10.7. The van der Waals surface area contributed by atoms with Crippen LogP contribution < -0.4 is 0 Å². The zero-order valence-corrected chi connectivity index (χ0v) is 20.7. The maximum absolute atomic E-state index is 12.3. The summed E-state index contributed by atoms with van der Waals surface area (Å²) in [6.45, 7) is 6.08. The van der Waals surface area contributed by atoms with Crippen LogP contribution >= 0.6 is 0 Å². The molecule has 4 nitrogen and oxygen atoms in total. The summed E-state index contributed by atoms with van der Waals surface area (Å²) < 4.78 is 0. The van der Waals surface area contributed by atoms with Gasteiger partial charge in [0.15, 0.2) is 11.6 Å². The Bertz CT molecular complexity index is 1040. The Morgan fingerprint density at radius 3 is 2.59 bits per heavy atom. The summed E-state index contributed by atoms with van der Waals surface area (Å²) in [4.78, 5) is 24.2. The monoisotopic (exact) mass is 462 g/mol. The van der Waals surface area contributed by atoms with Gasteiger partial charge in [0.2, 0.25) is 0 Å². The Balaban J connectivity index is 1.62. The fourth-order valence-corrected chi connectivity index (χ4v) is 8.50. The van der Waals surface area contributed by atoms with Crippen molar-refractivity contribution in [3.8, 4) is 0 Å². The number of hydrogen-bond donors (Lipinski definition) is 2. The van der Waals surface area contributed by atoms with Crippen molar-refractivity contribution in [2.45, 2.75) is 70.8 Å². The number of fused-ring (bicyclic) bond motifs is 5. The molecule has 0 saturated heterocycles. The first-order valence-corrected chi connectivity index (χ1v) is 13.0. The quantitative estimate of drug-likeness (QED) is 0.473. The first-order chi connectivity index (χ1) is 16.2. The van der Waals surface area contributed by atoms with E-state index in [9.17, 15) is 19.8 Å². The Kier molecular flexibility index (Phi) is 5.97. The van der Waals surface area contributed by atoms with Gasteiger partial charge in [-0.2, -0.15) is 0 Å². The van der Waals surface area contributed by atoms with E-state index in [4.69, 9.17) is 0 Å². The first-order valence-electron chi connectivity index (χ1n) is 13.0. The van der Waals surface area contributed by atoms with Gasteiger partial charge in [0.25, 0.3) is 0 Å². The lowest BCUT2D eigenvalue weighted by molar-refractivity contribution is -0.118. The second-order valence-electron chi connectivity index (χ2n) is 11.7. The third-order valence-electron chi connectivity index (χ3n) is 10.1. The van der Waals surface area contributed by atoms with Crippen LogP contribution in [-0.2, 0) is 4.79 Å². The molecule has 182 valence electrons. The maximum atomic E-state index is 12.3. The van der Waals surface area contributed by atoms with E-state index < -0.39 is 5.60 Å². The second-order valence-corrected chi connectivity index (χ2v) is 11.7. The van der Waals surface area contributed by atoms with E-state index in [1.54, 1.807) is 13.0 Å². The molecule has 1 aromatic carbocycles. The second kappa shape index (κ2) is 8.57. The highest BCUT2D eigenvalue weighted by Gasteiger charge is 2.64. The molecule has 0 radical (unpaired) electrons. The third kappa shape index (κ3) is 3.56. The van der Waals surface area contributed by atoms with Crippen LogP contribution in [0.3, 0.4) is 0 Å². The van der Waals surface area contributed by atoms with Gasteiger partial charge in [0.1, 0.15) is 0 Å². The average Bonchev–Trinajstić information content (AvgIpc) is 3.08. The molecule has 0 spiro atoms. The number of aliphatic hydroxyl groups is 2. The summed E-state index contributed by atoms with van der Waals surface area (Å²) in [7, 11) is 0. The zero-order valence-electron chi connectivity index (χ0n) is 20.7. The smallest absolute Gasteiger partial charge is 0.159 e. The van der Waals surface area contributed by atoms with Gasteiger partial charge in [-0.25, -0.2) is 0 Å². The summed E-state index contributed by atoms with van der Waals surface area (Å²) in [5, 5.41) is 21.3. The SMILES string of the molecule is CC(=O)c1ccc([C@H]2C[C@@]3(C)[C@@H](CC[C@@]3(O)/C=C\CO)[C@@H]3C[C@@H](C)C4=CC(=O)CC[C@@H]4[C@H]32)cc1. The molecular weight excluding hydrogens is 424 g/mol. The molecular formula is C30H38O4. The van der Waals surface area contributed by atoms with Gasteiger partial charge < -0.3 is 10.2 Å². The molecule has 4 aliphatic carbocycles. The molecule has 5 rings (SSSR count). The minimum atomic E-state index is -0.926. The van der Waals surface area contributed by atoms with Crippen molar-refractivity contribution in [3.05, 3.63) is 59.2 Å². The van der Waals surface area contributed by atoms with Gasteiger partial charge in [-0.1, -0.05) is 55.8 Å². The topological polar surface area (TPSA) is 74.6 Å². The van der Waals surface area contributed by atoms with Gasteiger partial charge in [0.05, 0.1) is 12.2 Å². The number of carbonyl (C=O) groups excluding carboxylic acids is 2. The van der Waals surface area contributed by atoms with E-state index in [-0.39, 0.29) is 29.5 Å². The Morgan fingerprint density at radius 1 is 1.18 bits per heavy atom. The lowest BCUT2D eigenvalue weighted by atomic mass is 9.45. The van der Waals surface area contributed by atoms with E-state index in [1.807, 2.05) is 24.3 Å². The molecule has 0 heterocycles. The van der Waals surface area contributed by atoms with E-state index in [2.05, 4.69) is 26.0 Å². The lowest BCUT2D eigenvalue weighted by Gasteiger charge is -2.59. The van der Waals surface area contributed by atoms with Crippen molar-refractivity contribution < 1.29 is 19.8 Å². The maximum Gasteiger partial charge on any atom is 0.159 e. The summed E-state index contributed by atoms with van der Waals surface area (Å²) in [5.41, 5.74) is 2.11. The predicted octanol–water partition coefficient (Wildman–Crippen LogP) is 5.25. The van der Waals surface area contributed by atoms with Gasteiger partial charge in [-0.05, 0) is 86.2 Å². The van der Waals surface area contributed by atoms with Crippen LogP contribution in [0.25, 0.3) is 0 Å². The van der Waals surface area contributed by atoms with Crippen LogP contribution in [0.1, 0.15) is 81.1 Å². The van der Waals surface area contributed by atoms with E-state index >= 15 is 0 Å². The van der Waals surface area contributed by atoms with Crippen LogP contribution in [0.5, 0.6) is 0 Å². The van der Waals surface area contributed by atoms with Crippen LogP contribution in [0.2, 0.25) is 0 Å². The Labute approximate surface area is 203 Å². The standard InChI is InChI=1S/C30H38O4/c1-18-15-25-27-11-13-30(34,12-4-14-31)29(27,3)17-26(21-7-5-20(6-8-21)19(2)32)28(25)23-10-9-22(33)16-24(18)23/h4-8,12,16,18,23,25-28,31,34H,9-11,13-15,17H2,1-3H3/b12-4-/t18-,23+,25+,26-,27+,28-,29+,30+/m1/s1. The Morgan fingerprint density at radius 2 is 1.91 bits per heavy atom. The molecule has 0 aliphatic heterocycles. The molecule has 3 fully saturated rings. The minimum absolute atomic E-state index is 0.0632. The highest BCUT2D eigenvalue weighted by molar-refractivity contribution is 5.94. The Hall–Kier alpha value is -2.04. The summed E-state index contributed by atoms with van der Waals surface area (Å²) in [5.74, 6) is 2.74. The van der Waals surface area contributed by atoms with Crippen molar-refractivity contribution in [1.29, 1.82) is 0 Å². The lowest BCUT2D eigenvalue weighted by Crippen LogP contribution is -2.55. The normalized spacial score (nSPS) is 41.6. The largest absolute Gasteiger partial charge is 0.392 e. The number of aliphatic hydroxyl groups excluding tert-OH is 1. The summed E-state index contributed by atoms with van der Waals surface area (Å²) >= 11 is 0. The van der Waals surface area contributed by atoms with Gasteiger partial charge >= 0.3 is 0 Å². The minimum Gasteiger partial charge on any atom is -0.392 e. The molecule has 1 aromatic rings. The number of hydrogen-bond acceptors (Lipinski definition) is 4. The first kappa shape index (κ1) is 23.7. The van der Waals surface area contributed by atoms with E-state index in [0.29, 0.717) is 36.0 Å².